The lowest BCUT2D eigenvalue weighted by molar-refractivity contribution is -0.168. The molecule has 1 aromatic carbocycles. The van der Waals surface area contributed by atoms with Crippen LogP contribution in [0.2, 0.25) is 0 Å². The van der Waals surface area contributed by atoms with Gasteiger partial charge in [0.05, 0.1) is 12.7 Å². The molecule has 0 spiro atoms. The number of aliphatic hydroxyl groups is 1. The van der Waals surface area contributed by atoms with Crippen LogP contribution in [0.15, 0.2) is 18.2 Å². The first-order valence-corrected chi connectivity index (χ1v) is 5.75. The predicted molar refractivity (Wildman–Crippen MR) is 61.8 cm³/mol. The summed E-state index contributed by atoms with van der Waals surface area (Å²) in [5, 5.41) is 10.4. The van der Waals surface area contributed by atoms with Crippen molar-refractivity contribution in [1.82, 2.24) is 0 Å². The van der Waals surface area contributed by atoms with Crippen molar-refractivity contribution in [2.24, 2.45) is 0 Å². The van der Waals surface area contributed by atoms with Crippen molar-refractivity contribution in [1.29, 1.82) is 0 Å². The van der Waals surface area contributed by atoms with E-state index in [0.717, 1.165) is 12.8 Å². The van der Waals surface area contributed by atoms with E-state index in [9.17, 15) is 9.90 Å². The van der Waals surface area contributed by atoms with E-state index in [2.05, 4.69) is 0 Å². The van der Waals surface area contributed by atoms with E-state index in [-0.39, 0.29) is 0 Å². The second-order valence-electron chi connectivity index (χ2n) is 4.19. The molecule has 4 heteroatoms. The molecule has 2 rings (SSSR count). The van der Waals surface area contributed by atoms with Gasteiger partial charge in [-0.1, -0.05) is 13.3 Å². The number of unbranched alkanes of at least 4 members (excludes halogenated alkanes) is 1. The molecule has 0 aromatic heterocycles. The highest BCUT2D eigenvalue weighted by Gasteiger charge is 2.43. The standard InChI is InChI=1S/C13H16O4/c1-3-4-7-13(15)11-8-9(16-2)5-6-10(11)12(14)17-13/h5-6,8,15H,3-4,7H2,1-2H3. The fourth-order valence-corrected chi connectivity index (χ4v) is 2.02. The van der Waals surface area contributed by atoms with Crippen LogP contribution in [0, 0.1) is 0 Å². The third-order valence-corrected chi connectivity index (χ3v) is 3.00. The average Bonchev–Trinajstić information content (AvgIpc) is 2.59. The molecule has 4 nitrogen and oxygen atoms in total. The van der Waals surface area contributed by atoms with Gasteiger partial charge in [-0.05, 0) is 24.6 Å². The van der Waals surface area contributed by atoms with E-state index >= 15 is 0 Å². The highest BCUT2D eigenvalue weighted by atomic mass is 16.7. The van der Waals surface area contributed by atoms with Gasteiger partial charge in [-0.25, -0.2) is 4.79 Å². The van der Waals surface area contributed by atoms with Gasteiger partial charge in [-0.2, -0.15) is 0 Å². The van der Waals surface area contributed by atoms with Gasteiger partial charge in [0, 0.05) is 12.0 Å². The van der Waals surface area contributed by atoms with E-state index in [1.54, 1.807) is 25.3 Å². The summed E-state index contributed by atoms with van der Waals surface area (Å²) in [6.07, 6.45) is 2.13. The number of hydrogen-bond donors (Lipinski definition) is 1. The summed E-state index contributed by atoms with van der Waals surface area (Å²) in [6.45, 7) is 2.02. The van der Waals surface area contributed by atoms with Crippen molar-refractivity contribution in [2.75, 3.05) is 7.11 Å². The molecule has 1 unspecified atom stereocenters. The third-order valence-electron chi connectivity index (χ3n) is 3.00. The Kier molecular flexibility index (Phi) is 3.07. The van der Waals surface area contributed by atoms with Crippen molar-refractivity contribution in [3.8, 4) is 5.75 Å². The third kappa shape index (κ3) is 2.00. The number of hydrogen-bond acceptors (Lipinski definition) is 4. The van der Waals surface area contributed by atoms with Crippen LogP contribution in [0.1, 0.15) is 42.1 Å². The van der Waals surface area contributed by atoms with E-state index in [1.807, 2.05) is 6.92 Å². The van der Waals surface area contributed by atoms with E-state index in [4.69, 9.17) is 9.47 Å². The summed E-state index contributed by atoms with van der Waals surface area (Å²) in [5.41, 5.74) is 0.930. The van der Waals surface area contributed by atoms with Crippen LogP contribution in [0.25, 0.3) is 0 Å². The number of carbonyl (C=O) groups is 1. The van der Waals surface area contributed by atoms with Gasteiger partial charge in [-0.15, -0.1) is 0 Å². The highest BCUT2D eigenvalue weighted by molar-refractivity contribution is 5.94. The normalized spacial score (nSPS) is 22.2. The molecule has 1 heterocycles. The molecule has 0 saturated heterocycles. The number of esters is 1. The maximum Gasteiger partial charge on any atom is 0.341 e. The minimum absolute atomic E-state index is 0.412. The van der Waals surface area contributed by atoms with Gasteiger partial charge in [0.25, 0.3) is 0 Å². The largest absolute Gasteiger partial charge is 0.497 e. The highest BCUT2D eigenvalue weighted by Crippen LogP contribution is 2.39. The Morgan fingerprint density at radius 1 is 1.47 bits per heavy atom. The zero-order chi connectivity index (χ0) is 12.5. The first-order chi connectivity index (χ1) is 8.10. The first kappa shape index (κ1) is 11.9. The predicted octanol–water partition coefficient (Wildman–Crippen LogP) is 2.20. The summed E-state index contributed by atoms with van der Waals surface area (Å²) in [7, 11) is 1.55. The fourth-order valence-electron chi connectivity index (χ4n) is 2.02. The monoisotopic (exact) mass is 236 g/mol. The van der Waals surface area contributed by atoms with Crippen LogP contribution < -0.4 is 4.74 Å². The molecule has 0 saturated carbocycles. The molecular formula is C13H16O4. The maximum atomic E-state index is 11.6. The molecular weight excluding hydrogens is 220 g/mol. The molecule has 1 N–H and O–H groups in total. The van der Waals surface area contributed by atoms with Crippen molar-refractivity contribution in [2.45, 2.75) is 32.0 Å². The van der Waals surface area contributed by atoms with Gasteiger partial charge in [0.15, 0.2) is 0 Å². The van der Waals surface area contributed by atoms with Crippen LogP contribution in [-0.2, 0) is 10.5 Å². The minimum atomic E-state index is -1.49. The lowest BCUT2D eigenvalue weighted by Crippen LogP contribution is -2.25. The number of rotatable bonds is 4. The van der Waals surface area contributed by atoms with Gasteiger partial charge < -0.3 is 14.6 Å². The second kappa shape index (κ2) is 4.37. The number of methoxy groups -OCH3 is 1. The van der Waals surface area contributed by atoms with Crippen molar-refractivity contribution in [3.05, 3.63) is 29.3 Å². The van der Waals surface area contributed by atoms with Crippen molar-refractivity contribution >= 4 is 5.97 Å². The molecule has 17 heavy (non-hydrogen) atoms. The Hall–Kier alpha value is -1.55. The van der Waals surface area contributed by atoms with Crippen molar-refractivity contribution in [3.63, 3.8) is 0 Å². The Balaban J connectivity index is 2.40. The minimum Gasteiger partial charge on any atom is -0.497 e. The molecule has 1 aliphatic rings. The number of carbonyl (C=O) groups excluding carboxylic acids is 1. The zero-order valence-corrected chi connectivity index (χ0v) is 10.0. The van der Waals surface area contributed by atoms with Crippen LogP contribution in [0.4, 0.5) is 0 Å². The quantitative estimate of drug-likeness (QED) is 0.814. The smallest absolute Gasteiger partial charge is 0.341 e. The summed E-state index contributed by atoms with van der Waals surface area (Å²) >= 11 is 0. The molecule has 1 aliphatic heterocycles. The van der Waals surface area contributed by atoms with Gasteiger partial charge in [0.2, 0.25) is 5.79 Å². The number of benzene rings is 1. The Morgan fingerprint density at radius 2 is 2.24 bits per heavy atom. The summed E-state index contributed by atoms with van der Waals surface area (Å²) in [5.74, 6) is -1.35. The molecule has 0 radical (unpaired) electrons. The maximum absolute atomic E-state index is 11.6. The molecule has 1 aromatic rings. The lowest BCUT2D eigenvalue weighted by atomic mass is 9.97. The van der Waals surface area contributed by atoms with E-state index in [0.29, 0.717) is 23.3 Å². The molecule has 0 fully saturated rings. The SMILES string of the molecule is CCCCC1(O)OC(=O)c2ccc(OC)cc21. The van der Waals surface area contributed by atoms with Crippen LogP contribution in [-0.4, -0.2) is 18.2 Å². The van der Waals surface area contributed by atoms with E-state index in [1.165, 1.54) is 0 Å². The summed E-state index contributed by atoms with van der Waals surface area (Å²) in [6, 6.07) is 4.97. The molecule has 1 atom stereocenters. The van der Waals surface area contributed by atoms with Crippen molar-refractivity contribution < 1.29 is 19.4 Å². The topological polar surface area (TPSA) is 55.8 Å². The zero-order valence-electron chi connectivity index (χ0n) is 10.0. The van der Waals surface area contributed by atoms with Gasteiger partial charge in [-0.3, -0.25) is 0 Å². The Labute approximate surface area is 100 Å². The molecule has 0 amide bonds. The van der Waals surface area contributed by atoms with Crippen LogP contribution >= 0.6 is 0 Å². The Morgan fingerprint density at radius 3 is 2.88 bits per heavy atom. The Bertz CT molecular complexity index is 441. The second-order valence-corrected chi connectivity index (χ2v) is 4.19. The van der Waals surface area contributed by atoms with E-state index < -0.39 is 11.8 Å². The summed E-state index contributed by atoms with van der Waals surface area (Å²) in [4.78, 5) is 11.6. The number of fused-ring (bicyclic) bond motifs is 1. The average molecular weight is 236 g/mol. The molecule has 0 aliphatic carbocycles. The van der Waals surface area contributed by atoms with Gasteiger partial charge in [0.1, 0.15) is 5.75 Å². The molecule has 92 valence electrons. The number of ether oxygens (including phenoxy) is 2. The van der Waals surface area contributed by atoms with Gasteiger partial charge >= 0.3 is 5.97 Å². The van der Waals surface area contributed by atoms with Crippen LogP contribution in [0.5, 0.6) is 5.75 Å². The molecule has 0 bridgehead atoms. The first-order valence-electron chi connectivity index (χ1n) is 5.75. The summed E-state index contributed by atoms with van der Waals surface area (Å²) < 4.78 is 10.2. The number of cyclic esters (lactones) is 1. The lowest BCUT2D eigenvalue weighted by Gasteiger charge is -2.22. The fraction of sp³-hybridized carbons (Fsp3) is 0.462. The van der Waals surface area contributed by atoms with Crippen LogP contribution in [0.3, 0.4) is 0 Å².